The topological polar surface area (TPSA) is 197 Å². The van der Waals surface area contributed by atoms with Gasteiger partial charge in [-0.15, -0.1) is 0 Å². The Morgan fingerprint density at radius 3 is 1.88 bits per heavy atom. The van der Waals surface area contributed by atoms with E-state index in [0.29, 0.717) is 35.9 Å². The van der Waals surface area contributed by atoms with Crippen molar-refractivity contribution in [2.75, 3.05) is 13.2 Å². The molecule has 0 amide bonds. The number of carboxylic acids is 1. The summed E-state index contributed by atoms with van der Waals surface area (Å²) in [6.07, 6.45) is 4.35. The summed E-state index contributed by atoms with van der Waals surface area (Å²) in [6.45, 7) is 4.80. The van der Waals surface area contributed by atoms with E-state index >= 15 is 0 Å². The number of esters is 1. The molecule has 0 fully saturated rings. The van der Waals surface area contributed by atoms with E-state index in [9.17, 15) is 27.7 Å². The third-order valence-corrected chi connectivity index (χ3v) is 8.49. The molecule has 0 heterocycles. The monoisotopic (exact) mass is 702 g/mol. The van der Waals surface area contributed by atoms with Gasteiger partial charge in [-0.05, 0) is 104 Å². The third kappa shape index (κ3) is 11.0. The van der Waals surface area contributed by atoms with Gasteiger partial charge < -0.3 is 19.7 Å². The van der Waals surface area contributed by atoms with E-state index in [2.05, 4.69) is 20.5 Å². The number of aromatic carboxylic acids is 1. The molecule has 4 aromatic carbocycles. The molecule has 0 bridgehead atoms. The first-order valence-electron chi connectivity index (χ1n) is 16.0. The molecule has 0 spiro atoms. The first-order valence-corrected chi connectivity index (χ1v) is 17.4. The van der Waals surface area contributed by atoms with Gasteiger partial charge in [-0.2, -0.15) is 28.9 Å². The molecule has 0 aliphatic rings. The van der Waals surface area contributed by atoms with Gasteiger partial charge in [0.05, 0.1) is 41.9 Å². The van der Waals surface area contributed by atoms with Crippen LogP contribution in [-0.4, -0.2) is 48.3 Å². The van der Waals surface area contributed by atoms with E-state index in [1.165, 1.54) is 30.3 Å². The number of rotatable bonds is 17. The Balaban J connectivity index is 1.32. The second-order valence-corrected chi connectivity index (χ2v) is 12.7. The summed E-state index contributed by atoms with van der Waals surface area (Å²) >= 11 is 0. The van der Waals surface area contributed by atoms with Gasteiger partial charge in [-0.25, -0.2) is 4.79 Å². The first-order chi connectivity index (χ1) is 23.9. The Hall–Kier alpha value is -5.47. The van der Waals surface area contributed by atoms with Crippen LogP contribution < -0.4 is 4.74 Å². The van der Waals surface area contributed by atoms with Crippen LogP contribution in [0.25, 0.3) is 11.1 Å². The molecule has 0 aromatic heterocycles. The summed E-state index contributed by atoms with van der Waals surface area (Å²) in [5, 5.41) is 35.2. The van der Waals surface area contributed by atoms with Crippen molar-refractivity contribution < 1.29 is 42.2 Å². The summed E-state index contributed by atoms with van der Waals surface area (Å²) in [6, 6.07) is 21.4. The number of phenols is 1. The van der Waals surface area contributed by atoms with Crippen LogP contribution in [0.1, 0.15) is 56.3 Å². The fraction of sp³-hybridized carbons (Fsp3) is 0.278. The number of carbonyl (C=O) groups excluding carboxylic acids is 1. The Morgan fingerprint density at radius 2 is 1.28 bits per heavy atom. The average molecular weight is 703 g/mol. The predicted octanol–water partition coefficient (Wildman–Crippen LogP) is 9.36. The van der Waals surface area contributed by atoms with E-state index in [0.717, 1.165) is 32.1 Å². The number of ether oxygens (including phenoxy) is 2. The molecule has 0 aliphatic heterocycles. The Bertz CT molecular complexity index is 1950. The number of benzene rings is 4. The molecule has 0 aliphatic carbocycles. The third-order valence-electron chi connectivity index (χ3n) is 7.60. The van der Waals surface area contributed by atoms with Crippen LogP contribution in [0, 0.1) is 5.92 Å². The molecule has 1 unspecified atom stereocenters. The van der Waals surface area contributed by atoms with Crippen LogP contribution in [0.2, 0.25) is 0 Å². The maximum absolute atomic E-state index is 12.3. The first kappa shape index (κ1) is 37.4. The second-order valence-electron chi connectivity index (χ2n) is 11.3. The Morgan fingerprint density at radius 1 is 0.740 bits per heavy atom. The number of hydrogen-bond donors (Lipinski definition) is 3. The van der Waals surface area contributed by atoms with Gasteiger partial charge in [0.1, 0.15) is 22.0 Å². The molecule has 4 rings (SSSR count). The number of azo groups is 2. The van der Waals surface area contributed by atoms with Gasteiger partial charge in [-0.1, -0.05) is 32.0 Å². The molecule has 0 saturated heterocycles. The van der Waals surface area contributed by atoms with Crippen molar-refractivity contribution in [3.63, 3.8) is 0 Å². The normalized spacial score (nSPS) is 12.3. The van der Waals surface area contributed by atoms with Crippen LogP contribution in [0.3, 0.4) is 0 Å². The zero-order chi connectivity index (χ0) is 36.1. The number of carbonyl (C=O) groups is 2. The molecular weight excluding hydrogens is 664 g/mol. The zero-order valence-electron chi connectivity index (χ0n) is 27.6. The Labute approximate surface area is 290 Å². The molecule has 1 atom stereocenters. The van der Waals surface area contributed by atoms with Gasteiger partial charge in [0.15, 0.2) is 0 Å². The molecule has 0 radical (unpaired) electrons. The quantitative estimate of drug-likeness (QED) is 0.0415. The average Bonchev–Trinajstić information content (AvgIpc) is 3.11. The highest BCUT2D eigenvalue weighted by Gasteiger charge is 2.18. The molecule has 262 valence electrons. The summed E-state index contributed by atoms with van der Waals surface area (Å²) in [5.41, 5.74) is 1.71. The maximum Gasteiger partial charge on any atom is 0.339 e. The number of nitrogens with zero attached hydrogens (tertiary/aromatic N) is 4. The summed E-state index contributed by atoms with van der Waals surface area (Å²) in [7, 11) is -4.64. The van der Waals surface area contributed by atoms with Crippen LogP contribution in [0.15, 0.2) is 110 Å². The smallest absolute Gasteiger partial charge is 0.339 e. The van der Waals surface area contributed by atoms with Crippen molar-refractivity contribution in [3.8, 4) is 22.6 Å². The van der Waals surface area contributed by atoms with Crippen molar-refractivity contribution in [2.45, 2.75) is 50.8 Å². The molecule has 3 N–H and O–H groups in total. The SMILES string of the molecule is CCC(C)C(=O)OCCCCCCOc1ccc(N=Nc2ccc(-c3ccc(N=Nc4ccc(O)c(C(=O)O)c4)cc3)c(S(=O)(=O)O)c2)cc1. The highest BCUT2D eigenvalue weighted by atomic mass is 32.2. The minimum Gasteiger partial charge on any atom is -0.507 e. The van der Waals surface area contributed by atoms with Crippen molar-refractivity contribution in [1.82, 2.24) is 0 Å². The number of hydrogen-bond acceptors (Lipinski definition) is 11. The number of carboxylic acid groups (broad SMARTS) is 1. The van der Waals surface area contributed by atoms with Gasteiger partial charge >= 0.3 is 11.9 Å². The van der Waals surface area contributed by atoms with Crippen molar-refractivity contribution >= 4 is 44.8 Å². The highest BCUT2D eigenvalue weighted by molar-refractivity contribution is 7.86. The fourth-order valence-electron chi connectivity index (χ4n) is 4.56. The zero-order valence-corrected chi connectivity index (χ0v) is 28.4. The number of unbranched alkanes of at least 4 members (excludes halogenated alkanes) is 3. The van der Waals surface area contributed by atoms with E-state index in [1.807, 2.05) is 13.8 Å². The standard InChI is InChI=1S/C36H38N4O9S/c1-3-24(2)36(44)49-21-7-5-4-6-20-48-30-16-12-27(13-17-30)38-40-29-14-18-31(34(23-29)50(45,46)47)25-8-10-26(11-9-25)37-39-28-15-19-33(41)32(22-28)35(42)43/h8-19,22-24,41H,3-7,20-21H2,1-2H3,(H,42,43)(H,45,46,47). The maximum atomic E-state index is 12.3. The van der Waals surface area contributed by atoms with Crippen molar-refractivity contribution in [3.05, 3.63) is 90.5 Å². The molecule has 13 nitrogen and oxygen atoms in total. The summed E-state index contributed by atoms with van der Waals surface area (Å²) in [4.78, 5) is 22.6. The second kappa shape index (κ2) is 17.8. The lowest BCUT2D eigenvalue weighted by molar-refractivity contribution is -0.148. The lowest BCUT2D eigenvalue weighted by Crippen LogP contribution is -2.14. The fourth-order valence-corrected chi connectivity index (χ4v) is 5.29. The Kier molecular flexibility index (Phi) is 13.3. The van der Waals surface area contributed by atoms with Gasteiger partial charge in [0.2, 0.25) is 0 Å². The summed E-state index contributed by atoms with van der Waals surface area (Å²) < 4.78 is 45.6. The number of aromatic hydroxyl groups is 1. The molecular formula is C36H38N4O9S. The van der Waals surface area contributed by atoms with Crippen LogP contribution in [0.5, 0.6) is 11.5 Å². The van der Waals surface area contributed by atoms with Crippen molar-refractivity contribution in [1.29, 1.82) is 0 Å². The van der Waals surface area contributed by atoms with Gasteiger partial charge in [0, 0.05) is 5.56 Å². The molecule has 0 saturated carbocycles. The van der Waals surface area contributed by atoms with Crippen molar-refractivity contribution in [2.24, 2.45) is 26.4 Å². The highest BCUT2D eigenvalue weighted by Crippen LogP contribution is 2.33. The molecule has 14 heteroatoms. The van der Waals surface area contributed by atoms with E-state index in [1.54, 1.807) is 54.6 Å². The molecule has 4 aromatic rings. The largest absolute Gasteiger partial charge is 0.507 e. The minimum absolute atomic E-state index is 0.0653. The van der Waals surface area contributed by atoms with Gasteiger partial charge in [0.25, 0.3) is 10.1 Å². The predicted molar refractivity (Wildman–Crippen MR) is 186 cm³/mol. The lowest BCUT2D eigenvalue weighted by atomic mass is 10.0. The van der Waals surface area contributed by atoms with Crippen LogP contribution in [-0.2, 0) is 19.6 Å². The van der Waals surface area contributed by atoms with Crippen LogP contribution >= 0.6 is 0 Å². The lowest BCUT2D eigenvalue weighted by Gasteiger charge is -2.09. The molecule has 50 heavy (non-hydrogen) atoms. The van der Waals surface area contributed by atoms with E-state index in [-0.39, 0.29) is 39.3 Å². The van der Waals surface area contributed by atoms with Crippen LogP contribution in [0.4, 0.5) is 22.7 Å². The van der Waals surface area contributed by atoms with E-state index < -0.39 is 21.8 Å². The summed E-state index contributed by atoms with van der Waals surface area (Å²) in [5.74, 6) is -1.23. The van der Waals surface area contributed by atoms with Gasteiger partial charge in [-0.3, -0.25) is 9.35 Å². The minimum atomic E-state index is -4.64. The van der Waals surface area contributed by atoms with E-state index in [4.69, 9.17) is 14.6 Å².